The van der Waals surface area contributed by atoms with E-state index < -0.39 is 12.1 Å². The van der Waals surface area contributed by atoms with Crippen molar-refractivity contribution >= 4 is 12.0 Å². The van der Waals surface area contributed by atoms with Crippen molar-refractivity contribution in [2.24, 2.45) is 0 Å². The second-order valence-electron chi connectivity index (χ2n) is 5.99. The first-order valence-corrected chi connectivity index (χ1v) is 9.01. The molecule has 2 rings (SSSR count). The molecule has 0 saturated heterocycles. The zero-order valence-corrected chi connectivity index (χ0v) is 16.4. The Morgan fingerprint density at radius 3 is 2.21 bits per heavy atom. The summed E-state index contributed by atoms with van der Waals surface area (Å²) in [5.74, 6) is 1.20. The molecule has 1 N–H and O–H groups in total. The largest absolute Gasteiger partial charge is 0.497 e. The predicted octanol–water partition coefficient (Wildman–Crippen LogP) is 3.83. The Morgan fingerprint density at radius 2 is 1.68 bits per heavy atom. The summed E-state index contributed by atoms with van der Waals surface area (Å²) in [4.78, 5) is 11.2. The van der Waals surface area contributed by atoms with Crippen molar-refractivity contribution in [3.63, 3.8) is 0 Å². The molecule has 0 spiro atoms. The predicted molar refractivity (Wildman–Crippen MR) is 107 cm³/mol. The maximum Gasteiger partial charge on any atom is 0.333 e. The van der Waals surface area contributed by atoms with Crippen LogP contribution in [0.15, 0.2) is 48.5 Å². The average molecular weight is 386 g/mol. The van der Waals surface area contributed by atoms with E-state index in [1.165, 1.54) is 0 Å². The van der Waals surface area contributed by atoms with E-state index in [0.29, 0.717) is 25.4 Å². The van der Waals surface area contributed by atoms with Gasteiger partial charge in [-0.15, -0.1) is 0 Å². The van der Waals surface area contributed by atoms with Crippen LogP contribution < -0.4 is 14.2 Å². The fourth-order valence-corrected chi connectivity index (χ4v) is 2.61. The number of hydrogen-bond acceptors (Lipinski definition) is 5. The number of methoxy groups -OCH3 is 2. The number of hydrogen-bond donors (Lipinski definition) is 1. The minimum atomic E-state index is -0.957. The fourth-order valence-electron chi connectivity index (χ4n) is 2.61. The van der Waals surface area contributed by atoms with Crippen molar-refractivity contribution in [1.82, 2.24) is 0 Å². The summed E-state index contributed by atoms with van der Waals surface area (Å²) >= 11 is 0. The lowest BCUT2D eigenvalue weighted by molar-refractivity contribution is -0.149. The van der Waals surface area contributed by atoms with Gasteiger partial charge in [0, 0.05) is 19.1 Å². The lowest BCUT2D eigenvalue weighted by Gasteiger charge is -2.12. The van der Waals surface area contributed by atoms with Crippen LogP contribution in [0.4, 0.5) is 0 Å². The van der Waals surface area contributed by atoms with E-state index in [1.54, 1.807) is 21.1 Å². The van der Waals surface area contributed by atoms with Gasteiger partial charge in [0.2, 0.25) is 0 Å². The van der Waals surface area contributed by atoms with Crippen LogP contribution in [-0.4, -0.2) is 44.6 Å². The molecule has 150 valence electrons. The molecular formula is C22H26O6. The Balaban J connectivity index is 1.89. The Bertz CT molecular complexity index is 760. The molecule has 0 amide bonds. The van der Waals surface area contributed by atoms with E-state index in [0.717, 1.165) is 22.6 Å². The number of rotatable bonds is 11. The monoisotopic (exact) mass is 386 g/mol. The van der Waals surface area contributed by atoms with Crippen LogP contribution in [0.5, 0.6) is 17.2 Å². The van der Waals surface area contributed by atoms with Crippen molar-refractivity contribution in [2.45, 2.75) is 19.4 Å². The molecule has 0 unspecified atom stereocenters. The molecule has 0 fully saturated rings. The summed E-state index contributed by atoms with van der Waals surface area (Å²) in [7, 11) is 3.23. The molecule has 0 aromatic heterocycles. The van der Waals surface area contributed by atoms with Crippen molar-refractivity contribution in [3.8, 4) is 17.2 Å². The van der Waals surface area contributed by atoms with Gasteiger partial charge in [-0.05, 0) is 48.4 Å². The van der Waals surface area contributed by atoms with Gasteiger partial charge in [-0.25, -0.2) is 4.79 Å². The van der Waals surface area contributed by atoms with Crippen LogP contribution in [0.1, 0.15) is 18.1 Å². The standard InChI is InChI=1S/C22H26O6/c1-4-27-21(22(23)24)14-16-7-9-18(10-8-16)28-11-5-6-17-12-19(25-2)15-20(13-17)26-3/h5-10,12-13,15,21H,4,11,14H2,1-3H3,(H,23,24)/t21-/m0/s1. The number of aliphatic carboxylic acids is 1. The van der Waals surface area contributed by atoms with Gasteiger partial charge in [0.1, 0.15) is 23.9 Å². The Labute approximate surface area is 165 Å². The third kappa shape index (κ3) is 6.63. The van der Waals surface area contributed by atoms with E-state index in [-0.39, 0.29) is 0 Å². The molecule has 6 nitrogen and oxygen atoms in total. The molecular weight excluding hydrogens is 360 g/mol. The smallest absolute Gasteiger partial charge is 0.333 e. The van der Waals surface area contributed by atoms with Gasteiger partial charge in [-0.1, -0.05) is 18.2 Å². The summed E-state index contributed by atoms with van der Waals surface area (Å²) in [6.07, 6.45) is 3.32. The van der Waals surface area contributed by atoms with Gasteiger partial charge in [-0.3, -0.25) is 0 Å². The van der Waals surface area contributed by atoms with Gasteiger partial charge in [0.25, 0.3) is 0 Å². The minimum Gasteiger partial charge on any atom is -0.497 e. The molecule has 1 atom stereocenters. The number of carbonyl (C=O) groups is 1. The highest BCUT2D eigenvalue weighted by atomic mass is 16.5. The average Bonchev–Trinajstić information content (AvgIpc) is 2.71. The zero-order valence-electron chi connectivity index (χ0n) is 16.4. The number of benzene rings is 2. The molecule has 0 aliphatic rings. The van der Waals surface area contributed by atoms with Crippen LogP contribution in [0.3, 0.4) is 0 Å². The highest BCUT2D eigenvalue weighted by Crippen LogP contribution is 2.23. The molecule has 2 aromatic carbocycles. The first-order chi connectivity index (χ1) is 13.5. The SMILES string of the molecule is CCO[C@@H](Cc1ccc(OCC=Cc2cc(OC)cc(OC)c2)cc1)C(=O)O. The lowest BCUT2D eigenvalue weighted by Crippen LogP contribution is -2.26. The molecule has 0 saturated carbocycles. The Morgan fingerprint density at radius 1 is 1.04 bits per heavy atom. The quantitative estimate of drug-likeness (QED) is 0.633. The van der Waals surface area contributed by atoms with E-state index >= 15 is 0 Å². The van der Waals surface area contributed by atoms with Gasteiger partial charge >= 0.3 is 5.97 Å². The fraction of sp³-hybridized carbons (Fsp3) is 0.318. The number of carboxylic acid groups (broad SMARTS) is 1. The minimum absolute atomic E-state index is 0.320. The molecule has 28 heavy (non-hydrogen) atoms. The summed E-state index contributed by atoms with van der Waals surface area (Å²) in [6.45, 7) is 2.54. The number of ether oxygens (including phenoxy) is 4. The zero-order chi connectivity index (χ0) is 20.4. The van der Waals surface area contributed by atoms with E-state index in [4.69, 9.17) is 24.1 Å². The Hall–Kier alpha value is -2.99. The third-order valence-corrected chi connectivity index (χ3v) is 4.02. The van der Waals surface area contributed by atoms with Crippen molar-refractivity contribution in [1.29, 1.82) is 0 Å². The van der Waals surface area contributed by atoms with Crippen molar-refractivity contribution < 1.29 is 28.8 Å². The molecule has 0 aliphatic heterocycles. The number of carboxylic acids is 1. The molecule has 6 heteroatoms. The summed E-state index contributed by atoms with van der Waals surface area (Å²) in [5, 5.41) is 9.15. The Kier molecular flexibility index (Phi) is 8.37. The van der Waals surface area contributed by atoms with Crippen LogP contribution >= 0.6 is 0 Å². The highest BCUT2D eigenvalue weighted by Gasteiger charge is 2.17. The maximum atomic E-state index is 11.2. The van der Waals surface area contributed by atoms with Crippen LogP contribution in [0.25, 0.3) is 6.08 Å². The molecule has 0 aliphatic carbocycles. The van der Waals surface area contributed by atoms with Crippen LogP contribution in [0, 0.1) is 0 Å². The van der Waals surface area contributed by atoms with E-state index in [2.05, 4.69) is 0 Å². The summed E-state index contributed by atoms with van der Waals surface area (Å²) in [5.41, 5.74) is 1.83. The first-order valence-electron chi connectivity index (χ1n) is 9.01. The van der Waals surface area contributed by atoms with E-state index in [9.17, 15) is 4.79 Å². The normalized spacial score (nSPS) is 12.0. The third-order valence-electron chi connectivity index (χ3n) is 4.02. The van der Waals surface area contributed by atoms with Crippen molar-refractivity contribution in [2.75, 3.05) is 27.4 Å². The summed E-state index contributed by atoms with van der Waals surface area (Å²) < 4.78 is 21.4. The van der Waals surface area contributed by atoms with Crippen molar-refractivity contribution in [3.05, 3.63) is 59.7 Å². The second kappa shape index (κ2) is 11.0. The molecule has 2 aromatic rings. The topological polar surface area (TPSA) is 74.2 Å². The molecule has 0 radical (unpaired) electrons. The first kappa shape index (κ1) is 21.3. The van der Waals surface area contributed by atoms with Gasteiger partial charge < -0.3 is 24.1 Å². The van der Waals surface area contributed by atoms with Crippen LogP contribution in [0.2, 0.25) is 0 Å². The van der Waals surface area contributed by atoms with Gasteiger partial charge in [0.15, 0.2) is 6.10 Å². The van der Waals surface area contributed by atoms with Gasteiger partial charge in [-0.2, -0.15) is 0 Å². The highest BCUT2D eigenvalue weighted by molar-refractivity contribution is 5.72. The van der Waals surface area contributed by atoms with E-state index in [1.807, 2.05) is 54.6 Å². The second-order valence-corrected chi connectivity index (χ2v) is 5.99. The maximum absolute atomic E-state index is 11.2. The molecule has 0 bridgehead atoms. The van der Waals surface area contributed by atoms with Crippen LogP contribution in [-0.2, 0) is 16.0 Å². The lowest BCUT2D eigenvalue weighted by atomic mass is 10.1. The molecule has 0 heterocycles. The van der Waals surface area contributed by atoms with Gasteiger partial charge in [0.05, 0.1) is 14.2 Å². The summed E-state index contributed by atoms with van der Waals surface area (Å²) in [6, 6.07) is 13.0.